The maximum absolute atomic E-state index is 11.7. The molecule has 1 atom stereocenters. The highest BCUT2D eigenvalue weighted by Crippen LogP contribution is 2.11. The zero-order valence-electron chi connectivity index (χ0n) is 10.0. The normalized spacial score (nSPS) is 12.6. The van der Waals surface area contributed by atoms with Crippen molar-refractivity contribution in [3.63, 3.8) is 0 Å². The lowest BCUT2D eigenvalue weighted by Crippen LogP contribution is -2.48. The van der Waals surface area contributed by atoms with Crippen molar-refractivity contribution in [3.8, 4) is 0 Å². The highest BCUT2D eigenvalue weighted by molar-refractivity contribution is 5.87. The average Bonchev–Trinajstić information content (AvgIpc) is 2.20. The number of alkyl halides is 3. The van der Waals surface area contributed by atoms with Crippen molar-refractivity contribution in [3.05, 3.63) is 0 Å². The summed E-state index contributed by atoms with van der Waals surface area (Å²) in [4.78, 5) is 22.2. The Kier molecular flexibility index (Phi) is 8.75. The largest absolute Gasteiger partial charge is 0.405 e. The molecule has 0 bridgehead atoms. The third kappa shape index (κ3) is 9.06. The molecule has 0 aromatic rings. The molecule has 0 spiro atoms. The number of amides is 2. The smallest absolute Gasteiger partial charge is 0.346 e. The molecule has 0 unspecified atom stereocenters. The van der Waals surface area contributed by atoms with E-state index in [-0.39, 0.29) is 18.3 Å². The maximum Gasteiger partial charge on any atom is 0.405 e. The number of nitrogens with two attached hydrogens (primary N) is 1. The number of halogens is 4. The third-order valence-electron chi connectivity index (χ3n) is 1.93. The van der Waals surface area contributed by atoms with E-state index in [2.05, 4.69) is 5.32 Å². The Morgan fingerprint density at radius 1 is 1.22 bits per heavy atom. The molecule has 0 fully saturated rings. The van der Waals surface area contributed by atoms with Gasteiger partial charge in [-0.3, -0.25) is 9.59 Å². The van der Waals surface area contributed by atoms with Crippen molar-refractivity contribution in [2.24, 2.45) is 11.7 Å². The minimum atomic E-state index is -4.46. The molecular weight excluding hydrogens is 275 g/mol. The van der Waals surface area contributed by atoms with Crippen LogP contribution in [0.2, 0.25) is 0 Å². The van der Waals surface area contributed by atoms with E-state index in [1.165, 1.54) is 0 Å². The molecule has 0 aliphatic heterocycles. The minimum Gasteiger partial charge on any atom is -0.346 e. The van der Waals surface area contributed by atoms with Gasteiger partial charge in [0.15, 0.2) is 0 Å². The van der Waals surface area contributed by atoms with E-state index in [1.54, 1.807) is 19.2 Å². The van der Waals surface area contributed by atoms with Gasteiger partial charge in [0.25, 0.3) is 0 Å². The average molecular weight is 292 g/mol. The van der Waals surface area contributed by atoms with Crippen LogP contribution in [0.25, 0.3) is 0 Å². The number of hydrogen-bond donors (Lipinski definition) is 3. The summed E-state index contributed by atoms with van der Waals surface area (Å²) >= 11 is 0. The van der Waals surface area contributed by atoms with Gasteiger partial charge in [0.2, 0.25) is 11.8 Å². The van der Waals surface area contributed by atoms with Crippen molar-refractivity contribution in [2.45, 2.75) is 26.1 Å². The summed E-state index contributed by atoms with van der Waals surface area (Å²) in [5.74, 6) is -1.60. The lowest BCUT2D eigenvalue weighted by Gasteiger charge is -2.15. The number of carbonyl (C=O) groups is 2. The van der Waals surface area contributed by atoms with Gasteiger partial charge in [0.05, 0.1) is 12.6 Å². The van der Waals surface area contributed by atoms with E-state index in [0.717, 1.165) is 0 Å². The molecule has 0 radical (unpaired) electrons. The second-order valence-corrected chi connectivity index (χ2v) is 3.88. The van der Waals surface area contributed by atoms with Gasteiger partial charge in [-0.2, -0.15) is 13.2 Å². The van der Waals surface area contributed by atoms with Gasteiger partial charge in [0.1, 0.15) is 6.54 Å². The zero-order chi connectivity index (χ0) is 13.6. The van der Waals surface area contributed by atoms with Gasteiger partial charge in [-0.05, 0) is 5.92 Å². The van der Waals surface area contributed by atoms with E-state index >= 15 is 0 Å². The van der Waals surface area contributed by atoms with Crippen LogP contribution in [0.5, 0.6) is 0 Å². The molecule has 0 saturated heterocycles. The topological polar surface area (TPSA) is 84.2 Å². The van der Waals surface area contributed by atoms with Gasteiger partial charge < -0.3 is 16.4 Å². The fourth-order valence-corrected chi connectivity index (χ4v) is 0.849. The predicted molar refractivity (Wildman–Crippen MR) is 62.1 cm³/mol. The van der Waals surface area contributed by atoms with Gasteiger partial charge >= 0.3 is 6.18 Å². The first-order chi connectivity index (χ1) is 7.63. The maximum atomic E-state index is 11.7. The molecule has 4 N–H and O–H groups in total. The molecule has 18 heavy (non-hydrogen) atoms. The second-order valence-electron chi connectivity index (χ2n) is 3.88. The van der Waals surface area contributed by atoms with Crippen molar-refractivity contribution >= 4 is 24.2 Å². The van der Waals surface area contributed by atoms with Crippen molar-refractivity contribution in [1.82, 2.24) is 10.6 Å². The molecule has 0 aromatic heterocycles. The van der Waals surface area contributed by atoms with Crippen LogP contribution in [0.4, 0.5) is 13.2 Å². The zero-order valence-corrected chi connectivity index (χ0v) is 10.8. The van der Waals surface area contributed by atoms with Crippen molar-refractivity contribution < 1.29 is 22.8 Å². The Labute approximate surface area is 109 Å². The molecule has 5 nitrogen and oxygen atoms in total. The summed E-state index contributed by atoms with van der Waals surface area (Å²) in [6.07, 6.45) is -4.46. The summed E-state index contributed by atoms with van der Waals surface area (Å²) in [5.41, 5.74) is 5.47. The van der Waals surface area contributed by atoms with Crippen LogP contribution in [0, 0.1) is 5.92 Å². The fourth-order valence-electron chi connectivity index (χ4n) is 0.849. The van der Waals surface area contributed by atoms with E-state index in [0.29, 0.717) is 0 Å². The first kappa shape index (κ1) is 19.3. The van der Waals surface area contributed by atoms with Crippen LogP contribution < -0.4 is 16.4 Å². The molecule has 0 heterocycles. The minimum absolute atomic E-state index is 0. The monoisotopic (exact) mass is 291 g/mol. The Balaban J connectivity index is 0. The standard InChI is InChI=1S/C9H16F3N3O2.ClH/c1-5(2)7(13)8(17)14-3-6(16)15-4-9(10,11)12;/h5,7H,3-4,13H2,1-2H3,(H,14,17)(H,15,16);1H/t7-;/m0./s1. The van der Waals surface area contributed by atoms with Crippen LogP contribution in [-0.2, 0) is 9.59 Å². The first-order valence-electron chi connectivity index (χ1n) is 5.00. The van der Waals surface area contributed by atoms with Gasteiger partial charge in [0, 0.05) is 0 Å². The molecule has 0 saturated carbocycles. The van der Waals surface area contributed by atoms with E-state index in [4.69, 9.17) is 5.73 Å². The predicted octanol–water partition coefficient (Wildman–Crippen LogP) is 0.186. The van der Waals surface area contributed by atoms with Crippen molar-refractivity contribution in [2.75, 3.05) is 13.1 Å². The molecule has 0 aliphatic rings. The summed E-state index contributed by atoms with van der Waals surface area (Å²) in [6, 6.07) is -0.787. The number of nitrogens with one attached hydrogen (secondary N) is 2. The second kappa shape index (κ2) is 8.15. The fraction of sp³-hybridized carbons (Fsp3) is 0.778. The molecule has 0 aliphatic carbocycles. The number of rotatable bonds is 5. The number of carbonyl (C=O) groups excluding carboxylic acids is 2. The van der Waals surface area contributed by atoms with Crippen LogP contribution in [0.15, 0.2) is 0 Å². The van der Waals surface area contributed by atoms with Gasteiger partial charge in [-0.15, -0.1) is 12.4 Å². The van der Waals surface area contributed by atoms with Gasteiger partial charge in [-0.25, -0.2) is 0 Å². The van der Waals surface area contributed by atoms with E-state index in [1.807, 2.05) is 0 Å². The Morgan fingerprint density at radius 2 is 1.72 bits per heavy atom. The van der Waals surface area contributed by atoms with E-state index in [9.17, 15) is 22.8 Å². The molecule has 2 amide bonds. The molecule has 9 heteroatoms. The lowest BCUT2D eigenvalue weighted by molar-refractivity contribution is -0.138. The van der Waals surface area contributed by atoms with Crippen LogP contribution in [-0.4, -0.2) is 37.1 Å². The molecule has 0 rings (SSSR count). The summed E-state index contributed by atoms with van der Waals surface area (Å²) in [6.45, 7) is 1.50. The molecular formula is C9H17ClF3N3O2. The number of hydrogen-bond acceptors (Lipinski definition) is 3. The van der Waals surface area contributed by atoms with Crippen LogP contribution in [0.1, 0.15) is 13.8 Å². The molecule has 0 aromatic carbocycles. The highest BCUT2D eigenvalue weighted by atomic mass is 35.5. The third-order valence-corrected chi connectivity index (χ3v) is 1.93. The summed E-state index contributed by atoms with van der Waals surface area (Å²) in [7, 11) is 0. The van der Waals surface area contributed by atoms with E-state index < -0.39 is 37.1 Å². The Bertz CT molecular complexity index is 285. The van der Waals surface area contributed by atoms with Gasteiger partial charge in [-0.1, -0.05) is 13.8 Å². The highest BCUT2D eigenvalue weighted by Gasteiger charge is 2.27. The van der Waals surface area contributed by atoms with Crippen molar-refractivity contribution in [1.29, 1.82) is 0 Å². The molecule has 108 valence electrons. The SMILES string of the molecule is CC(C)[C@H](N)C(=O)NCC(=O)NCC(F)(F)F.Cl. The van der Waals surface area contributed by atoms with Crippen LogP contribution >= 0.6 is 12.4 Å². The Hall–Kier alpha value is -1.02. The first-order valence-corrected chi connectivity index (χ1v) is 5.00. The summed E-state index contributed by atoms with van der Waals surface area (Å²) < 4.78 is 35.2. The summed E-state index contributed by atoms with van der Waals surface area (Å²) in [5, 5.41) is 3.78. The Morgan fingerprint density at radius 3 is 2.11 bits per heavy atom. The lowest BCUT2D eigenvalue weighted by atomic mass is 10.1. The van der Waals surface area contributed by atoms with Crippen LogP contribution in [0.3, 0.4) is 0 Å². The quantitative estimate of drug-likeness (QED) is 0.676.